The van der Waals surface area contributed by atoms with Crippen LogP contribution in [-0.2, 0) is 16.1 Å². The number of benzene rings is 2. The molecule has 0 saturated heterocycles. The zero-order valence-corrected chi connectivity index (χ0v) is 15.6. The largest absolute Gasteiger partial charge is 0.365 e. The monoisotopic (exact) mass is 397 g/mol. The van der Waals surface area contributed by atoms with Gasteiger partial charge in [0.15, 0.2) is 0 Å². The summed E-state index contributed by atoms with van der Waals surface area (Å²) >= 11 is 5.85. The molecule has 1 aromatic heterocycles. The standard InChI is InChI=1S/C19H16ClN5O3/c1-12(26)22-15-6-8-16(9-7-15)23-18(27)11-25-19(28)24-17(10-21-25)13-2-4-14(20)5-3-13/h2-10H,11H2,1H3,(H,22,26)(H,23,27). The normalized spacial score (nSPS) is 10.4. The number of amides is 2. The Morgan fingerprint density at radius 1 is 1.00 bits per heavy atom. The van der Waals surface area contributed by atoms with Crippen LogP contribution in [0.5, 0.6) is 0 Å². The smallest absolute Gasteiger partial charge is 0.326 e. The van der Waals surface area contributed by atoms with E-state index in [9.17, 15) is 14.4 Å². The topological polar surface area (TPSA) is 106 Å². The van der Waals surface area contributed by atoms with Crippen molar-refractivity contribution in [3.05, 3.63) is 70.2 Å². The van der Waals surface area contributed by atoms with Crippen LogP contribution in [0.3, 0.4) is 0 Å². The summed E-state index contributed by atoms with van der Waals surface area (Å²) in [6, 6.07) is 13.4. The van der Waals surface area contributed by atoms with Crippen LogP contribution in [0.4, 0.5) is 11.4 Å². The number of rotatable bonds is 5. The SMILES string of the molecule is CC(=O)Nc1ccc(NC(=O)Cn2ncc(-c3ccc(Cl)cc3)nc2=O)cc1. The molecule has 142 valence electrons. The number of nitrogens with zero attached hydrogens (tertiary/aromatic N) is 3. The zero-order chi connectivity index (χ0) is 20.1. The predicted octanol–water partition coefficient (Wildman–Crippen LogP) is 2.56. The van der Waals surface area contributed by atoms with Gasteiger partial charge in [0, 0.05) is 28.9 Å². The first-order valence-electron chi connectivity index (χ1n) is 8.28. The molecule has 9 heteroatoms. The van der Waals surface area contributed by atoms with Gasteiger partial charge in [0.1, 0.15) is 6.54 Å². The number of carbonyl (C=O) groups excluding carboxylic acids is 2. The second-order valence-electron chi connectivity index (χ2n) is 5.90. The first kappa shape index (κ1) is 19.2. The lowest BCUT2D eigenvalue weighted by molar-refractivity contribution is -0.117. The van der Waals surface area contributed by atoms with Crippen LogP contribution in [0, 0.1) is 0 Å². The molecular weight excluding hydrogens is 382 g/mol. The number of aromatic nitrogens is 3. The van der Waals surface area contributed by atoms with Crippen LogP contribution >= 0.6 is 11.6 Å². The minimum atomic E-state index is -0.636. The van der Waals surface area contributed by atoms with E-state index in [-0.39, 0.29) is 12.5 Å². The summed E-state index contributed by atoms with van der Waals surface area (Å²) in [6.07, 6.45) is 1.42. The lowest BCUT2D eigenvalue weighted by Gasteiger charge is -2.08. The Kier molecular flexibility index (Phi) is 5.81. The van der Waals surface area contributed by atoms with E-state index >= 15 is 0 Å². The Labute approximate surface area is 165 Å². The minimum Gasteiger partial charge on any atom is -0.326 e. The second-order valence-corrected chi connectivity index (χ2v) is 6.33. The fourth-order valence-corrected chi connectivity index (χ4v) is 2.53. The average molecular weight is 398 g/mol. The lowest BCUT2D eigenvalue weighted by Crippen LogP contribution is -2.31. The van der Waals surface area contributed by atoms with E-state index in [0.717, 1.165) is 4.68 Å². The van der Waals surface area contributed by atoms with Crippen LogP contribution in [0.1, 0.15) is 6.92 Å². The van der Waals surface area contributed by atoms with E-state index in [4.69, 9.17) is 11.6 Å². The van der Waals surface area contributed by atoms with Crippen LogP contribution < -0.4 is 16.3 Å². The molecular formula is C19H16ClN5O3. The van der Waals surface area contributed by atoms with Gasteiger partial charge in [0.05, 0.1) is 11.9 Å². The second kappa shape index (κ2) is 8.45. The summed E-state index contributed by atoms with van der Waals surface area (Å²) in [5, 5.41) is 9.87. The van der Waals surface area contributed by atoms with Gasteiger partial charge in [0.2, 0.25) is 11.8 Å². The van der Waals surface area contributed by atoms with Crippen molar-refractivity contribution in [1.82, 2.24) is 14.8 Å². The van der Waals surface area contributed by atoms with Gasteiger partial charge in [0.25, 0.3) is 0 Å². The van der Waals surface area contributed by atoms with Gasteiger partial charge in [-0.1, -0.05) is 23.7 Å². The van der Waals surface area contributed by atoms with Gasteiger partial charge in [-0.15, -0.1) is 0 Å². The van der Waals surface area contributed by atoms with Crippen LogP contribution in [0.15, 0.2) is 59.5 Å². The number of halogens is 1. The number of nitrogens with one attached hydrogen (secondary N) is 2. The van der Waals surface area contributed by atoms with Crippen molar-refractivity contribution in [1.29, 1.82) is 0 Å². The first-order valence-corrected chi connectivity index (χ1v) is 8.66. The van der Waals surface area contributed by atoms with Crippen molar-refractivity contribution in [3.63, 3.8) is 0 Å². The zero-order valence-electron chi connectivity index (χ0n) is 14.8. The van der Waals surface area contributed by atoms with Crippen LogP contribution in [0.25, 0.3) is 11.3 Å². The third-order valence-corrected chi connectivity index (χ3v) is 3.93. The minimum absolute atomic E-state index is 0.184. The van der Waals surface area contributed by atoms with Crippen molar-refractivity contribution in [3.8, 4) is 11.3 Å². The van der Waals surface area contributed by atoms with Gasteiger partial charge >= 0.3 is 5.69 Å². The number of carbonyl (C=O) groups is 2. The summed E-state index contributed by atoms with van der Waals surface area (Å²) in [5.74, 6) is -0.611. The summed E-state index contributed by atoms with van der Waals surface area (Å²) in [6.45, 7) is 1.13. The molecule has 3 aromatic rings. The van der Waals surface area contributed by atoms with Crippen molar-refractivity contribution in [2.45, 2.75) is 13.5 Å². The lowest BCUT2D eigenvalue weighted by atomic mass is 10.2. The molecule has 2 amide bonds. The summed E-state index contributed by atoms with van der Waals surface area (Å²) < 4.78 is 0.973. The van der Waals surface area contributed by atoms with Crippen molar-refractivity contribution >= 4 is 34.8 Å². The van der Waals surface area contributed by atoms with E-state index in [1.54, 1.807) is 48.5 Å². The van der Waals surface area contributed by atoms with Gasteiger partial charge in [-0.2, -0.15) is 10.1 Å². The molecule has 0 radical (unpaired) electrons. The third-order valence-electron chi connectivity index (χ3n) is 3.68. The van der Waals surface area contributed by atoms with Crippen molar-refractivity contribution in [2.24, 2.45) is 0 Å². The summed E-state index contributed by atoms with van der Waals surface area (Å²) in [7, 11) is 0. The van der Waals surface area contributed by atoms with Gasteiger partial charge < -0.3 is 10.6 Å². The molecule has 2 N–H and O–H groups in total. The fraction of sp³-hybridized carbons (Fsp3) is 0.105. The van der Waals surface area contributed by atoms with Crippen molar-refractivity contribution < 1.29 is 9.59 Å². The maximum absolute atomic E-state index is 12.2. The highest BCUT2D eigenvalue weighted by molar-refractivity contribution is 6.30. The molecule has 0 spiro atoms. The molecule has 1 heterocycles. The van der Waals surface area contributed by atoms with Gasteiger partial charge in [-0.3, -0.25) is 9.59 Å². The maximum Gasteiger partial charge on any atom is 0.365 e. The van der Waals surface area contributed by atoms with Crippen molar-refractivity contribution in [2.75, 3.05) is 10.6 Å². The number of anilines is 2. The molecule has 0 unspecified atom stereocenters. The average Bonchev–Trinajstić information content (AvgIpc) is 2.65. The molecule has 2 aromatic carbocycles. The Hall–Kier alpha value is -3.52. The molecule has 0 aliphatic rings. The Morgan fingerprint density at radius 3 is 2.18 bits per heavy atom. The predicted molar refractivity (Wildman–Crippen MR) is 106 cm³/mol. The molecule has 0 fully saturated rings. The third kappa shape index (κ3) is 5.01. The molecule has 0 aliphatic heterocycles. The molecule has 0 bridgehead atoms. The van der Waals surface area contributed by atoms with Gasteiger partial charge in [-0.25, -0.2) is 9.48 Å². The number of hydrogen-bond donors (Lipinski definition) is 2. The molecule has 0 aliphatic carbocycles. The quantitative estimate of drug-likeness (QED) is 0.688. The molecule has 0 saturated carbocycles. The summed E-state index contributed by atoms with van der Waals surface area (Å²) in [5.41, 5.74) is 1.60. The highest BCUT2D eigenvalue weighted by Crippen LogP contribution is 2.17. The molecule has 8 nitrogen and oxygen atoms in total. The fourth-order valence-electron chi connectivity index (χ4n) is 2.41. The van der Waals surface area contributed by atoms with E-state index in [2.05, 4.69) is 20.7 Å². The highest BCUT2D eigenvalue weighted by Gasteiger charge is 2.09. The first-order chi connectivity index (χ1) is 13.4. The Bertz CT molecular complexity index is 1060. The van der Waals surface area contributed by atoms with Gasteiger partial charge in [-0.05, 0) is 36.4 Å². The van der Waals surface area contributed by atoms with E-state index in [1.165, 1.54) is 13.1 Å². The van der Waals surface area contributed by atoms with E-state index in [0.29, 0.717) is 27.7 Å². The maximum atomic E-state index is 12.2. The molecule has 0 atom stereocenters. The van der Waals surface area contributed by atoms with Crippen LogP contribution in [0.2, 0.25) is 5.02 Å². The van der Waals surface area contributed by atoms with Crippen LogP contribution in [-0.4, -0.2) is 26.6 Å². The Morgan fingerprint density at radius 2 is 1.61 bits per heavy atom. The molecule has 3 rings (SSSR count). The molecule has 28 heavy (non-hydrogen) atoms. The van der Waals surface area contributed by atoms with E-state index in [1.807, 2.05) is 0 Å². The Balaban J connectivity index is 1.66. The highest BCUT2D eigenvalue weighted by atomic mass is 35.5. The summed E-state index contributed by atoms with van der Waals surface area (Å²) in [4.78, 5) is 39.3. The number of hydrogen-bond acceptors (Lipinski definition) is 5. The van der Waals surface area contributed by atoms with E-state index < -0.39 is 11.6 Å².